The molecule has 0 saturated carbocycles. The second-order valence-corrected chi connectivity index (χ2v) is 4.19. The lowest BCUT2D eigenvalue weighted by Crippen LogP contribution is -1.91. The van der Waals surface area contributed by atoms with E-state index in [0.29, 0.717) is 0 Å². The molecule has 1 aliphatic rings. The molecule has 0 saturated heterocycles. The Morgan fingerprint density at radius 2 is 1.76 bits per heavy atom. The Labute approximate surface area is 103 Å². The summed E-state index contributed by atoms with van der Waals surface area (Å²) in [5.74, 6) is 0. The van der Waals surface area contributed by atoms with Crippen molar-refractivity contribution in [3.63, 3.8) is 0 Å². The summed E-state index contributed by atoms with van der Waals surface area (Å²) in [7, 11) is 2.00. The van der Waals surface area contributed by atoms with Crippen LogP contribution < -0.4 is 0 Å². The van der Waals surface area contributed by atoms with E-state index in [1.165, 1.54) is 35.2 Å². The van der Waals surface area contributed by atoms with Crippen LogP contribution in [0, 0.1) is 0 Å². The summed E-state index contributed by atoms with van der Waals surface area (Å²) in [6.45, 7) is 4.00. The molecule has 0 N–H and O–H groups in total. The molecule has 0 radical (unpaired) electrons. The van der Waals surface area contributed by atoms with E-state index < -0.39 is 0 Å². The molecule has 3 rings (SSSR count). The summed E-state index contributed by atoms with van der Waals surface area (Å²) >= 11 is 0. The Morgan fingerprint density at radius 3 is 2.59 bits per heavy atom. The predicted molar refractivity (Wildman–Crippen MR) is 72.0 cm³/mol. The summed E-state index contributed by atoms with van der Waals surface area (Å²) in [6.07, 6.45) is 5.71. The number of rotatable bonds is 0. The molecule has 0 atom stereocenters. The monoisotopic (exact) mass is 228 g/mol. The van der Waals surface area contributed by atoms with Gasteiger partial charge in [-0.25, -0.2) is 0 Å². The molecule has 0 fully saturated rings. The molecule has 17 heavy (non-hydrogen) atoms. The van der Waals surface area contributed by atoms with Gasteiger partial charge in [0.15, 0.2) is 0 Å². The van der Waals surface area contributed by atoms with E-state index in [1.807, 2.05) is 25.6 Å². The van der Waals surface area contributed by atoms with Gasteiger partial charge >= 0.3 is 0 Å². The average molecular weight is 228 g/mol. The summed E-state index contributed by atoms with van der Waals surface area (Å²) in [4.78, 5) is 0. The summed E-state index contributed by atoms with van der Waals surface area (Å²) in [6, 6.07) is 8.63. The van der Waals surface area contributed by atoms with Crippen molar-refractivity contribution in [2.45, 2.75) is 33.1 Å². The number of fused-ring (bicyclic) bond motifs is 3. The van der Waals surface area contributed by atoms with Crippen LogP contribution in [0.3, 0.4) is 0 Å². The molecule has 0 aliphatic heterocycles. The molecular formula is C15H20N2. The van der Waals surface area contributed by atoms with Gasteiger partial charge in [0.2, 0.25) is 0 Å². The number of aryl methyl sites for hydroxylation is 3. The number of benzene rings is 1. The van der Waals surface area contributed by atoms with E-state index >= 15 is 0 Å². The number of hydrogen-bond donors (Lipinski definition) is 0. The van der Waals surface area contributed by atoms with E-state index in [4.69, 9.17) is 0 Å². The van der Waals surface area contributed by atoms with Crippen molar-refractivity contribution in [1.82, 2.24) is 9.78 Å². The van der Waals surface area contributed by atoms with Crippen LogP contribution in [0.5, 0.6) is 0 Å². The Balaban J connectivity index is 0.000000514. The highest BCUT2D eigenvalue weighted by atomic mass is 15.2. The number of aromatic nitrogens is 2. The minimum Gasteiger partial charge on any atom is -0.275 e. The molecule has 0 unspecified atom stereocenters. The van der Waals surface area contributed by atoms with E-state index in [0.717, 1.165) is 6.42 Å². The predicted octanol–water partition coefficient (Wildman–Crippen LogP) is 3.60. The van der Waals surface area contributed by atoms with E-state index in [2.05, 4.69) is 35.6 Å². The fraction of sp³-hybridized carbons (Fsp3) is 0.400. The molecule has 2 heteroatoms. The Morgan fingerprint density at radius 1 is 1.06 bits per heavy atom. The minimum atomic E-state index is 1.15. The first-order valence-electron chi connectivity index (χ1n) is 6.45. The lowest BCUT2D eigenvalue weighted by molar-refractivity contribution is 0.763. The molecule has 1 aliphatic carbocycles. The fourth-order valence-corrected chi connectivity index (χ4v) is 2.39. The maximum atomic E-state index is 4.57. The molecule has 1 heterocycles. The zero-order chi connectivity index (χ0) is 12.3. The van der Waals surface area contributed by atoms with Gasteiger partial charge in [0.25, 0.3) is 0 Å². The Kier molecular flexibility index (Phi) is 3.62. The summed E-state index contributed by atoms with van der Waals surface area (Å²) < 4.78 is 1.92. The third-order valence-electron chi connectivity index (χ3n) is 3.07. The van der Waals surface area contributed by atoms with Gasteiger partial charge in [0.1, 0.15) is 0 Å². The van der Waals surface area contributed by atoms with E-state index in [9.17, 15) is 0 Å². The largest absolute Gasteiger partial charge is 0.275 e. The highest BCUT2D eigenvalue weighted by molar-refractivity contribution is 5.67. The molecule has 0 amide bonds. The summed E-state index contributed by atoms with van der Waals surface area (Å²) in [5, 5.41) is 4.57. The molecule has 1 aromatic carbocycles. The van der Waals surface area contributed by atoms with Gasteiger partial charge < -0.3 is 0 Å². The molecule has 2 aromatic rings. The van der Waals surface area contributed by atoms with Crippen LogP contribution in [0.15, 0.2) is 30.5 Å². The second kappa shape index (κ2) is 5.17. The van der Waals surface area contributed by atoms with Gasteiger partial charge in [0.05, 0.1) is 5.69 Å². The first kappa shape index (κ1) is 11.9. The van der Waals surface area contributed by atoms with Crippen molar-refractivity contribution in [2.24, 2.45) is 7.05 Å². The lowest BCUT2D eigenvalue weighted by atomic mass is 10.0. The van der Waals surface area contributed by atoms with Crippen LogP contribution in [-0.2, 0) is 19.9 Å². The smallest absolute Gasteiger partial charge is 0.0957 e. The van der Waals surface area contributed by atoms with Crippen molar-refractivity contribution in [3.8, 4) is 11.3 Å². The third kappa shape index (κ3) is 2.26. The van der Waals surface area contributed by atoms with Crippen LogP contribution in [0.2, 0.25) is 0 Å². The molecule has 0 bridgehead atoms. The fourth-order valence-electron chi connectivity index (χ4n) is 2.39. The molecular weight excluding hydrogens is 208 g/mol. The summed E-state index contributed by atoms with van der Waals surface area (Å²) in [5.41, 5.74) is 5.34. The van der Waals surface area contributed by atoms with Gasteiger partial charge in [0, 0.05) is 18.8 Å². The van der Waals surface area contributed by atoms with Crippen molar-refractivity contribution in [1.29, 1.82) is 0 Å². The van der Waals surface area contributed by atoms with E-state index in [-0.39, 0.29) is 0 Å². The highest BCUT2D eigenvalue weighted by Gasteiger charge is 2.16. The van der Waals surface area contributed by atoms with Crippen molar-refractivity contribution in [2.75, 3.05) is 0 Å². The maximum Gasteiger partial charge on any atom is 0.0957 e. The Hall–Kier alpha value is -1.57. The van der Waals surface area contributed by atoms with Gasteiger partial charge in [-0.2, -0.15) is 5.10 Å². The quantitative estimate of drug-likeness (QED) is 0.673. The zero-order valence-electron chi connectivity index (χ0n) is 10.9. The second-order valence-electron chi connectivity index (χ2n) is 4.19. The number of nitrogens with zero attached hydrogens (tertiary/aromatic N) is 2. The van der Waals surface area contributed by atoms with Crippen molar-refractivity contribution < 1.29 is 0 Å². The minimum absolute atomic E-state index is 1.15. The molecule has 2 nitrogen and oxygen atoms in total. The van der Waals surface area contributed by atoms with Gasteiger partial charge in [-0.05, 0) is 30.4 Å². The van der Waals surface area contributed by atoms with Gasteiger partial charge in [-0.3, -0.25) is 4.68 Å². The maximum absolute atomic E-state index is 4.57. The van der Waals surface area contributed by atoms with Crippen molar-refractivity contribution >= 4 is 0 Å². The first-order valence-corrected chi connectivity index (χ1v) is 6.45. The number of hydrogen-bond acceptors (Lipinski definition) is 1. The standard InChI is InChI=1S/C13H14N2.C2H6/c1-15-9-11-7-4-6-10-5-2-3-8-12(10)13(11)14-15;1-2/h2-3,5,8-9H,4,6-7H2,1H3;1-2H3. The Bertz CT molecular complexity index is 497. The van der Waals surface area contributed by atoms with Crippen LogP contribution in [0.25, 0.3) is 11.3 Å². The third-order valence-corrected chi connectivity index (χ3v) is 3.07. The van der Waals surface area contributed by atoms with Crippen molar-refractivity contribution in [3.05, 3.63) is 41.6 Å². The van der Waals surface area contributed by atoms with Gasteiger partial charge in [-0.1, -0.05) is 38.1 Å². The van der Waals surface area contributed by atoms with E-state index in [1.54, 1.807) is 0 Å². The lowest BCUT2D eigenvalue weighted by Gasteiger charge is -2.03. The normalized spacial score (nSPS) is 12.9. The van der Waals surface area contributed by atoms with Gasteiger partial charge in [-0.15, -0.1) is 0 Å². The molecule has 1 aromatic heterocycles. The van der Waals surface area contributed by atoms with Crippen LogP contribution in [-0.4, -0.2) is 9.78 Å². The SMILES string of the molecule is CC.Cn1cc2c(n1)-c1ccccc1CCC2. The van der Waals surface area contributed by atoms with Crippen LogP contribution in [0.1, 0.15) is 31.4 Å². The average Bonchev–Trinajstić information content (AvgIpc) is 2.65. The zero-order valence-corrected chi connectivity index (χ0v) is 10.9. The molecule has 0 spiro atoms. The molecule has 90 valence electrons. The highest BCUT2D eigenvalue weighted by Crippen LogP contribution is 2.30. The topological polar surface area (TPSA) is 17.8 Å². The van der Waals surface area contributed by atoms with Crippen LogP contribution >= 0.6 is 0 Å². The first-order chi connectivity index (χ1) is 8.34. The van der Waals surface area contributed by atoms with Crippen LogP contribution in [0.4, 0.5) is 0 Å².